The van der Waals surface area contributed by atoms with E-state index in [1.807, 2.05) is 13.8 Å². The molecule has 7 heteroatoms. The molecule has 0 aromatic rings. The van der Waals surface area contributed by atoms with Crippen molar-refractivity contribution in [3.63, 3.8) is 0 Å². The van der Waals surface area contributed by atoms with Crippen molar-refractivity contribution >= 4 is 10.2 Å². The van der Waals surface area contributed by atoms with E-state index in [4.69, 9.17) is 5.73 Å². The molecule has 1 aliphatic heterocycles. The molecule has 1 aliphatic rings. The molecule has 0 radical (unpaired) electrons. The maximum Gasteiger partial charge on any atom is 0.279 e. The predicted octanol–water partition coefficient (Wildman–Crippen LogP) is -0.804. The van der Waals surface area contributed by atoms with Crippen LogP contribution in [0.25, 0.3) is 0 Å². The number of nitrogens with one attached hydrogen (secondary N) is 1. The molecule has 0 spiro atoms. The topological polar surface area (TPSA) is 78.7 Å². The first-order valence-electron chi connectivity index (χ1n) is 6.15. The largest absolute Gasteiger partial charge is 0.330 e. The molecule has 0 aromatic carbocycles. The van der Waals surface area contributed by atoms with Gasteiger partial charge in [-0.15, -0.1) is 0 Å². The molecule has 0 aliphatic carbocycles. The van der Waals surface area contributed by atoms with Gasteiger partial charge in [0, 0.05) is 32.2 Å². The molecule has 0 saturated carbocycles. The van der Waals surface area contributed by atoms with Crippen LogP contribution >= 0.6 is 0 Å². The van der Waals surface area contributed by atoms with Gasteiger partial charge in [0.15, 0.2) is 0 Å². The Morgan fingerprint density at radius 2 is 1.82 bits per heavy atom. The SMILES string of the molecule is CC(C)NS(=O)(=O)N1CCN(CCCN)CC1. The average molecular weight is 264 g/mol. The Hall–Kier alpha value is -0.210. The van der Waals surface area contributed by atoms with E-state index in [9.17, 15) is 8.42 Å². The summed E-state index contributed by atoms with van der Waals surface area (Å²) in [6, 6.07) is -0.0599. The fraction of sp³-hybridized carbons (Fsp3) is 1.00. The van der Waals surface area contributed by atoms with Crippen LogP contribution in [-0.2, 0) is 10.2 Å². The molecule has 0 atom stereocenters. The van der Waals surface area contributed by atoms with Crippen LogP contribution in [0.2, 0.25) is 0 Å². The zero-order chi connectivity index (χ0) is 12.9. The zero-order valence-electron chi connectivity index (χ0n) is 10.7. The van der Waals surface area contributed by atoms with Gasteiger partial charge in [0.05, 0.1) is 0 Å². The van der Waals surface area contributed by atoms with E-state index in [1.54, 1.807) is 0 Å². The molecule has 1 rings (SSSR count). The van der Waals surface area contributed by atoms with Crippen molar-refractivity contribution < 1.29 is 8.42 Å². The fourth-order valence-electron chi connectivity index (χ4n) is 1.88. The van der Waals surface area contributed by atoms with Crippen LogP contribution in [0.1, 0.15) is 20.3 Å². The molecule has 0 aromatic heterocycles. The molecule has 0 unspecified atom stereocenters. The molecule has 102 valence electrons. The van der Waals surface area contributed by atoms with Gasteiger partial charge in [-0.05, 0) is 33.4 Å². The van der Waals surface area contributed by atoms with E-state index in [2.05, 4.69) is 9.62 Å². The summed E-state index contributed by atoms with van der Waals surface area (Å²) in [7, 11) is -3.29. The van der Waals surface area contributed by atoms with Gasteiger partial charge in [-0.3, -0.25) is 0 Å². The molecule has 0 bridgehead atoms. The number of rotatable bonds is 6. The first-order chi connectivity index (χ1) is 7.95. The average Bonchev–Trinajstić information content (AvgIpc) is 2.25. The number of nitrogens with zero attached hydrogens (tertiary/aromatic N) is 2. The fourth-order valence-corrected chi connectivity index (χ4v) is 3.27. The van der Waals surface area contributed by atoms with E-state index in [1.165, 1.54) is 4.31 Å². The summed E-state index contributed by atoms with van der Waals surface area (Å²) < 4.78 is 27.9. The Morgan fingerprint density at radius 3 is 2.29 bits per heavy atom. The van der Waals surface area contributed by atoms with Gasteiger partial charge in [-0.25, -0.2) is 0 Å². The maximum absolute atomic E-state index is 11.9. The van der Waals surface area contributed by atoms with E-state index >= 15 is 0 Å². The summed E-state index contributed by atoms with van der Waals surface area (Å²) >= 11 is 0. The summed E-state index contributed by atoms with van der Waals surface area (Å²) in [5.41, 5.74) is 5.45. The van der Waals surface area contributed by atoms with Crippen molar-refractivity contribution in [2.45, 2.75) is 26.3 Å². The zero-order valence-corrected chi connectivity index (χ0v) is 11.5. The van der Waals surface area contributed by atoms with Crippen LogP contribution in [0, 0.1) is 0 Å². The minimum Gasteiger partial charge on any atom is -0.330 e. The summed E-state index contributed by atoms with van der Waals surface area (Å²) in [5, 5.41) is 0. The van der Waals surface area contributed by atoms with Gasteiger partial charge in [-0.1, -0.05) is 0 Å². The Bertz CT molecular complexity index is 310. The lowest BCUT2D eigenvalue weighted by Gasteiger charge is -2.34. The second-order valence-corrected chi connectivity index (χ2v) is 6.36. The first kappa shape index (κ1) is 14.8. The lowest BCUT2D eigenvalue weighted by molar-refractivity contribution is 0.186. The number of hydrogen-bond donors (Lipinski definition) is 2. The third kappa shape index (κ3) is 4.89. The highest BCUT2D eigenvalue weighted by atomic mass is 32.2. The maximum atomic E-state index is 11.9. The highest BCUT2D eigenvalue weighted by Gasteiger charge is 2.26. The van der Waals surface area contributed by atoms with E-state index in [-0.39, 0.29) is 6.04 Å². The van der Waals surface area contributed by atoms with Gasteiger partial charge < -0.3 is 10.6 Å². The molecule has 1 heterocycles. The summed E-state index contributed by atoms with van der Waals surface area (Å²) in [5.74, 6) is 0. The highest BCUT2D eigenvalue weighted by Crippen LogP contribution is 2.06. The van der Waals surface area contributed by atoms with Crippen LogP contribution in [-0.4, -0.2) is 62.9 Å². The van der Waals surface area contributed by atoms with Gasteiger partial charge in [-0.2, -0.15) is 17.4 Å². The van der Waals surface area contributed by atoms with Crippen LogP contribution in [0.15, 0.2) is 0 Å². The Kier molecular flexibility index (Phi) is 5.81. The van der Waals surface area contributed by atoms with Gasteiger partial charge in [0.2, 0.25) is 0 Å². The Balaban J connectivity index is 2.41. The van der Waals surface area contributed by atoms with Crippen LogP contribution in [0.3, 0.4) is 0 Å². The lowest BCUT2D eigenvalue weighted by Crippen LogP contribution is -2.53. The molecule has 1 fully saturated rings. The van der Waals surface area contributed by atoms with E-state index < -0.39 is 10.2 Å². The van der Waals surface area contributed by atoms with Crippen molar-refractivity contribution in [2.75, 3.05) is 39.3 Å². The highest BCUT2D eigenvalue weighted by molar-refractivity contribution is 7.87. The summed E-state index contributed by atoms with van der Waals surface area (Å²) in [6.07, 6.45) is 0.969. The van der Waals surface area contributed by atoms with Crippen molar-refractivity contribution in [2.24, 2.45) is 5.73 Å². The molecule has 1 saturated heterocycles. The normalized spacial score (nSPS) is 20.0. The second-order valence-electron chi connectivity index (χ2n) is 4.66. The second kappa shape index (κ2) is 6.65. The smallest absolute Gasteiger partial charge is 0.279 e. The van der Waals surface area contributed by atoms with Crippen molar-refractivity contribution in [1.29, 1.82) is 0 Å². The number of nitrogens with two attached hydrogens (primary N) is 1. The Morgan fingerprint density at radius 1 is 1.24 bits per heavy atom. The van der Waals surface area contributed by atoms with E-state index in [0.29, 0.717) is 19.6 Å². The minimum absolute atomic E-state index is 0.0599. The molecular formula is C10H24N4O2S. The van der Waals surface area contributed by atoms with Gasteiger partial charge in [0.1, 0.15) is 0 Å². The van der Waals surface area contributed by atoms with Crippen LogP contribution in [0.4, 0.5) is 0 Å². The first-order valence-corrected chi connectivity index (χ1v) is 7.59. The molecule has 0 amide bonds. The molecule has 6 nitrogen and oxygen atoms in total. The van der Waals surface area contributed by atoms with E-state index in [0.717, 1.165) is 26.1 Å². The quantitative estimate of drug-likeness (QED) is 0.658. The van der Waals surface area contributed by atoms with Gasteiger partial charge in [0.25, 0.3) is 10.2 Å². The molecule has 3 N–H and O–H groups in total. The van der Waals surface area contributed by atoms with Crippen LogP contribution in [0.5, 0.6) is 0 Å². The third-order valence-electron chi connectivity index (χ3n) is 2.73. The standard InChI is InChI=1S/C10H24N4O2S/c1-10(2)12-17(15,16)14-8-6-13(7-9-14)5-3-4-11/h10,12H,3-9,11H2,1-2H3. The lowest BCUT2D eigenvalue weighted by atomic mass is 10.3. The third-order valence-corrected chi connectivity index (χ3v) is 4.55. The predicted molar refractivity (Wildman–Crippen MR) is 68.9 cm³/mol. The van der Waals surface area contributed by atoms with Crippen molar-refractivity contribution in [1.82, 2.24) is 13.9 Å². The number of piperazine rings is 1. The van der Waals surface area contributed by atoms with Crippen molar-refractivity contribution in [3.8, 4) is 0 Å². The summed E-state index contributed by atoms with van der Waals surface area (Å²) in [4.78, 5) is 2.26. The molecule has 17 heavy (non-hydrogen) atoms. The molecular weight excluding hydrogens is 240 g/mol. The van der Waals surface area contributed by atoms with Crippen LogP contribution < -0.4 is 10.5 Å². The number of hydrogen-bond acceptors (Lipinski definition) is 4. The minimum atomic E-state index is -3.29. The van der Waals surface area contributed by atoms with Gasteiger partial charge >= 0.3 is 0 Å². The monoisotopic (exact) mass is 264 g/mol. The summed E-state index contributed by atoms with van der Waals surface area (Å²) in [6.45, 7) is 8.01. The van der Waals surface area contributed by atoms with Crippen molar-refractivity contribution in [3.05, 3.63) is 0 Å². The Labute approximate surface area is 104 Å².